The average molecular weight is 224 g/mol. The lowest BCUT2D eigenvalue weighted by Gasteiger charge is -2.19. The topological polar surface area (TPSA) is 26.3 Å². The summed E-state index contributed by atoms with van der Waals surface area (Å²) in [7, 11) is 1.63. The van der Waals surface area contributed by atoms with Crippen LogP contribution in [0.15, 0.2) is 24.3 Å². The van der Waals surface area contributed by atoms with Gasteiger partial charge in [0.15, 0.2) is 0 Å². The number of methoxy groups -OCH3 is 1. The van der Waals surface area contributed by atoms with Crippen LogP contribution in [0.4, 0.5) is 0 Å². The Hall–Kier alpha value is -1.09. The van der Waals surface area contributed by atoms with Gasteiger partial charge in [-0.25, -0.2) is 4.21 Å². The lowest BCUT2D eigenvalue weighted by molar-refractivity contribution is 0.415. The van der Waals surface area contributed by atoms with Crippen molar-refractivity contribution in [3.8, 4) is 5.75 Å². The molecule has 3 heteroatoms. The Labute approximate surface area is 94.3 Å². The van der Waals surface area contributed by atoms with Crippen LogP contribution in [0, 0.1) is 5.41 Å². The second kappa shape index (κ2) is 4.62. The van der Waals surface area contributed by atoms with Gasteiger partial charge in [-0.1, -0.05) is 32.9 Å². The molecule has 0 saturated heterocycles. The van der Waals surface area contributed by atoms with Crippen LogP contribution in [0.1, 0.15) is 26.3 Å². The van der Waals surface area contributed by atoms with Gasteiger partial charge in [-0.15, -0.1) is 0 Å². The van der Waals surface area contributed by atoms with Gasteiger partial charge in [0.1, 0.15) is 5.75 Å². The number of rotatable bonds is 2. The lowest BCUT2D eigenvalue weighted by atomic mass is 9.88. The molecule has 0 fully saturated rings. The number of benzene rings is 1. The number of hydrogen-bond acceptors (Lipinski definition) is 2. The highest BCUT2D eigenvalue weighted by Crippen LogP contribution is 2.22. The summed E-state index contributed by atoms with van der Waals surface area (Å²) in [5.41, 5.74) is 0.865. The zero-order valence-corrected chi connectivity index (χ0v) is 10.4. The summed E-state index contributed by atoms with van der Waals surface area (Å²) in [6.07, 6.45) is 0. The van der Waals surface area contributed by atoms with Gasteiger partial charge < -0.3 is 4.74 Å². The highest BCUT2D eigenvalue weighted by molar-refractivity contribution is 7.67. The molecular weight excluding hydrogens is 208 g/mol. The van der Waals surface area contributed by atoms with Crippen molar-refractivity contribution in [1.82, 2.24) is 0 Å². The Morgan fingerprint density at radius 3 is 2.07 bits per heavy atom. The van der Waals surface area contributed by atoms with E-state index in [1.54, 1.807) is 7.11 Å². The zero-order chi connectivity index (χ0) is 11.5. The molecule has 0 aliphatic carbocycles. The van der Waals surface area contributed by atoms with Crippen LogP contribution in [0.5, 0.6) is 5.75 Å². The molecule has 0 N–H and O–H groups in total. The molecule has 0 aliphatic heterocycles. The Bertz CT molecular complexity index is 381. The fraction of sp³-hybridized carbons (Fsp3) is 0.417. The molecule has 0 unspecified atom stereocenters. The molecule has 1 rings (SSSR count). The van der Waals surface area contributed by atoms with Crippen molar-refractivity contribution in [3.05, 3.63) is 29.8 Å². The second-order valence-corrected chi connectivity index (χ2v) is 4.97. The molecule has 0 saturated carbocycles. The van der Waals surface area contributed by atoms with E-state index in [2.05, 4.69) is 0 Å². The van der Waals surface area contributed by atoms with Crippen LogP contribution in [-0.2, 0) is 11.3 Å². The third-order valence-corrected chi connectivity index (χ3v) is 3.13. The second-order valence-electron chi connectivity index (χ2n) is 4.39. The highest BCUT2D eigenvalue weighted by Gasteiger charge is 2.20. The van der Waals surface area contributed by atoms with Gasteiger partial charge in [0.2, 0.25) is 0 Å². The van der Waals surface area contributed by atoms with Gasteiger partial charge in [-0.3, -0.25) is 0 Å². The van der Waals surface area contributed by atoms with Crippen LogP contribution < -0.4 is 4.74 Å². The van der Waals surface area contributed by atoms with Crippen LogP contribution in [0.25, 0.3) is 0 Å². The van der Waals surface area contributed by atoms with Crippen LogP contribution in [-0.4, -0.2) is 16.2 Å². The summed E-state index contributed by atoms with van der Waals surface area (Å²) in [4.78, 5) is 0.852. The largest absolute Gasteiger partial charge is 0.497 e. The summed E-state index contributed by atoms with van der Waals surface area (Å²) < 4.78 is 16.2. The first kappa shape index (κ1) is 12.0. The third-order valence-electron chi connectivity index (χ3n) is 2.12. The molecule has 0 atom stereocenters. The average Bonchev–Trinajstić information content (AvgIpc) is 2.18. The van der Waals surface area contributed by atoms with E-state index >= 15 is 0 Å². The Morgan fingerprint density at radius 1 is 1.20 bits per heavy atom. The predicted octanol–water partition coefficient (Wildman–Crippen LogP) is 2.47. The van der Waals surface area contributed by atoms with Crippen LogP contribution in [0.3, 0.4) is 0 Å². The minimum Gasteiger partial charge on any atom is -0.497 e. The summed E-state index contributed by atoms with van der Waals surface area (Å²) in [5, 5.41) is 0. The molecule has 0 bridgehead atoms. The molecule has 15 heavy (non-hydrogen) atoms. The van der Waals surface area contributed by atoms with E-state index in [0.717, 1.165) is 16.2 Å². The molecule has 1 aromatic carbocycles. The first-order valence-corrected chi connectivity index (χ1v) is 5.55. The van der Waals surface area contributed by atoms with Crippen molar-refractivity contribution in [3.63, 3.8) is 0 Å². The molecular formula is C12H16O2S. The minimum absolute atomic E-state index is 0.110. The Balaban J connectivity index is 3.11. The van der Waals surface area contributed by atoms with Crippen molar-refractivity contribution in [2.24, 2.45) is 5.41 Å². The van der Waals surface area contributed by atoms with E-state index in [4.69, 9.17) is 4.74 Å². The maximum atomic E-state index is 11.1. The van der Waals surface area contributed by atoms with E-state index in [1.165, 1.54) is 0 Å². The van der Waals surface area contributed by atoms with E-state index in [1.807, 2.05) is 45.0 Å². The monoisotopic (exact) mass is 224 g/mol. The standard InChI is InChI=1S/C12H16O2S/c1-12(2,3)11(15-13)9-5-7-10(14-4)8-6-9/h5-8H,1-4H3. The van der Waals surface area contributed by atoms with Gasteiger partial charge in [0.25, 0.3) is 0 Å². The smallest absolute Gasteiger partial charge is 0.118 e. The van der Waals surface area contributed by atoms with Crippen molar-refractivity contribution in [2.75, 3.05) is 7.11 Å². The highest BCUT2D eigenvalue weighted by atomic mass is 32.1. The summed E-state index contributed by atoms with van der Waals surface area (Å²) >= 11 is 0.569. The lowest BCUT2D eigenvalue weighted by Crippen LogP contribution is -2.21. The zero-order valence-electron chi connectivity index (χ0n) is 9.53. The fourth-order valence-corrected chi connectivity index (χ4v) is 1.83. The van der Waals surface area contributed by atoms with Gasteiger partial charge in [0, 0.05) is 0 Å². The maximum Gasteiger partial charge on any atom is 0.118 e. The van der Waals surface area contributed by atoms with Crippen LogP contribution in [0.2, 0.25) is 0 Å². The number of hydrogen-bond donors (Lipinski definition) is 0. The molecule has 0 radical (unpaired) electrons. The molecule has 1 aromatic rings. The molecule has 0 heterocycles. The van der Waals surface area contributed by atoms with Gasteiger partial charge in [-0.2, -0.15) is 0 Å². The van der Waals surface area contributed by atoms with E-state index < -0.39 is 0 Å². The molecule has 0 aromatic heterocycles. The molecule has 0 amide bonds. The maximum absolute atomic E-state index is 11.1. The minimum atomic E-state index is -0.110. The molecule has 0 spiro atoms. The SMILES string of the molecule is COc1ccc(C(=S=O)C(C)(C)C)cc1. The van der Waals surface area contributed by atoms with E-state index in [9.17, 15) is 4.21 Å². The Morgan fingerprint density at radius 2 is 1.73 bits per heavy atom. The van der Waals surface area contributed by atoms with Gasteiger partial charge in [0.05, 0.1) is 23.2 Å². The van der Waals surface area contributed by atoms with Gasteiger partial charge >= 0.3 is 0 Å². The molecule has 2 nitrogen and oxygen atoms in total. The van der Waals surface area contributed by atoms with Crippen LogP contribution >= 0.6 is 0 Å². The fourth-order valence-electron chi connectivity index (χ4n) is 1.35. The van der Waals surface area contributed by atoms with E-state index in [-0.39, 0.29) is 5.41 Å². The van der Waals surface area contributed by atoms with Gasteiger partial charge in [-0.05, 0) is 23.1 Å². The van der Waals surface area contributed by atoms with Crippen molar-refractivity contribution in [1.29, 1.82) is 0 Å². The first-order chi connectivity index (χ1) is 6.99. The van der Waals surface area contributed by atoms with Crippen molar-refractivity contribution < 1.29 is 8.95 Å². The molecule has 0 aliphatic rings. The molecule has 82 valence electrons. The van der Waals surface area contributed by atoms with Crippen molar-refractivity contribution >= 4 is 16.1 Å². The van der Waals surface area contributed by atoms with Crippen molar-refractivity contribution in [2.45, 2.75) is 20.8 Å². The first-order valence-electron chi connectivity index (χ1n) is 4.80. The third kappa shape index (κ3) is 2.93. The normalized spacial score (nSPS) is 10.9. The Kier molecular flexibility index (Phi) is 3.69. The quantitative estimate of drug-likeness (QED) is 0.570. The predicted molar refractivity (Wildman–Crippen MR) is 64.7 cm³/mol. The summed E-state index contributed by atoms with van der Waals surface area (Å²) in [6, 6.07) is 7.59. The number of ether oxygens (including phenoxy) is 1. The van der Waals surface area contributed by atoms with E-state index in [0.29, 0.717) is 11.3 Å². The summed E-state index contributed by atoms with van der Waals surface area (Å²) in [5.74, 6) is 0.808. The summed E-state index contributed by atoms with van der Waals surface area (Å²) in [6.45, 7) is 6.12.